The maximum absolute atomic E-state index is 12.8. The van der Waals surface area contributed by atoms with Gasteiger partial charge in [0.2, 0.25) is 5.56 Å². The number of aromatic nitrogens is 1. The molecule has 1 amide bonds. The summed E-state index contributed by atoms with van der Waals surface area (Å²) in [6.07, 6.45) is 3.34. The highest BCUT2D eigenvalue weighted by atomic mass is 16.5. The van der Waals surface area contributed by atoms with Crippen molar-refractivity contribution in [2.45, 2.75) is 18.8 Å². The number of methoxy groups -OCH3 is 1. The van der Waals surface area contributed by atoms with Crippen molar-refractivity contribution in [1.82, 2.24) is 9.88 Å². The van der Waals surface area contributed by atoms with E-state index in [1.807, 2.05) is 41.3 Å². The second-order valence-corrected chi connectivity index (χ2v) is 6.95. The average Bonchev–Trinajstić information content (AvgIpc) is 3.24. The monoisotopic (exact) mass is 378 g/mol. The lowest BCUT2D eigenvalue weighted by Crippen LogP contribution is -2.37. The summed E-state index contributed by atoms with van der Waals surface area (Å²) >= 11 is 0. The number of aromatic amines is 1. The van der Waals surface area contributed by atoms with E-state index in [4.69, 9.17) is 9.15 Å². The molecule has 0 bridgehead atoms. The van der Waals surface area contributed by atoms with Crippen molar-refractivity contribution >= 4 is 5.91 Å². The molecular weight excluding hydrogens is 356 g/mol. The summed E-state index contributed by atoms with van der Waals surface area (Å²) in [7, 11) is 1.62. The van der Waals surface area contributed by atoms with Gasteiger partial charge in [-0.15, -0.1) is 0 Å². The number of H-pyrrole nitrogens is 1. The molecule has 0 unspecified atom stereocenters. The van der Waals surface area contributed by atoms with Gasteiger partial charge in [-0.3, -0.25) is 9.59 Å². The van der Waals surface area contributed by atoms with Crippen LogP contribution in [-0.2, 0) is 0 Å². The fourth-order valence-electron chi connectivity index (χ4n) is 3.67. The number of ether oxygens (including phenoxy) is 1. The molecule has 1 aromatic carbocycles. The Morgan fingerprint density at radius 1 is 1.14 bits per heavy atom. The molecule has 2 aromatic heterocycles. The average molecular weight is 378 g/mol. The SMILES string of the molecule is COc1cccc(-c2ccc(C(=O)N3CCC(c4cc[nH]c(=O)c4)CC3)o2)c1. The number of benzene rings is 1. The Hall–Kier alpha value is -3.28. The molecule has 1 fully saturated rings. The van der Waals surface area contributed by atoms with Crippen LogP contribution >= 0.6 is 0 Å². The maximum Gasteiger partial charge on any atom is 0.289 e. The zero-order valence-corrected chi connectivity index (χ0v) is 15.7. The van der Waals surface area contributed by atoms with Crippen molar-refractivity contribution in [3.8, 4) is 17.1 Å². The highest BCUT2D eigenvalue weighted by Gasteiger charge is 2.26. The Morgan fingerprint density at radius 2 is 1.96 bits per heavy atom. The second kappa shape index (κ2) is 7.76. The highest BCUT2D eigenvalue weighted by Crippen LogP contribution is 2.29. The Kier molecular flexibility index (Phi) is 5.02. The standard InChI is InChI=1S/C22H22N2O4/c1-27-18-4-2-3-17(13-18)19-5-6-20(28-19)22(26)24-11-8-15(9-12-24)16-7-10-23-21(25)14-16/h2-7,10,13-15H,8-9,11-12H2,1H3,(H,23,25). The summed E-state index contributed by atoms with van der Waals surface area (Å²) in [6.45, 7) is 1.29. The summed E-state index contributed by atoms with van der Waals surface area (Å²) in [4.78, 5) is 28.8. The topological polar surface area (TPSA) is 75.5 Å². The Morgan fingerprint density at radius 3 is 2.71 bits per heavy atom. The third-order valence-corrected chi connectivity index (χ3v) is 5.22. The van der Waals surface area contributed by atoms with Crippen LogP contribution in [0.3, 0.4) is 0 Å². The van der Waals surface area contributed by atoms with E-state index in [-0.39, 0.29) is 11.5 Å². The van der Waals surface area contributed by atoms with Gasteiger partial charge < -0.3 is 19.0 Å². The normalized spacial score (nSPS) is 14.8. The lowest BCUT2D eigenvalue weighted by Gasteiger charge is -2.31. The van der Waals surface area contributed by atoms with Crippen LogP contribution in [0.15, 0.2) is 63.9 Å². The third-order valence-electron chi connectivity index (χ3n) is 5.22. The highest BCUT2D eigenvalue weighted by molar-refractivity contribution is 5.92. The van der Waals surface area contributed by atoms with Gasteiger partial charge in [0.15, 0.2) is 5.76 Å². The van der Waals surface area contributed by atoms with Crippen LogP contribution in [0.2, 0.25) is 0 Å². The van der Waals surface area contributed by atoms with E-state index in [2.05, 4.69) is 4.98 Å². The number of furan rings is 1. The molecule has 1 aliphatic heterocycles. The van der Waals surface area contributed by atoms with Crippen molar-refractivity contribution in [3.63, 3.8) is 0 Å². The van der Waals surface area contributed by atoms with E-state index in [0.717, 1.165) is 29.7 Å². The first-order chi connectivity index (χ1) is 13.6. The lowest BCUT2D eigenvalue weighted by atomic mass is 9.90. The van der Waals surface area contributed by atoms with Crippen LogP contribution < -0.4 is 10.3 Å². The maximum atomic E-state index is 12.8. The number of carbonyl (C=O) groups excluding carboxylic acids is 1. The van der Waals surface area contributed by atoms with Gasteiger partial charge in [0.25, 0.3) is 5.91 Å². The van der Waals surface area contributed by atoms with Crippen molar-refractivity contribution in [1.29, 1.82) is 0 Å². The van der Waals surface area contributed by atoms with Gasteiger partial charge in [-0.1, -0.05) is 12.1 Å². The number of likely N-dealkylation sites (tertiary alicyclic amines) is 1. The first-order valence-electron chi connectivity index (χ1n) is 9.36. The number of carbonyl (C=O) groups is 1. The number of hydrogen-bond acceptors (Lipinski definition) is 4. The molecule has 28 heavy (non-hydrogen) atoms. The van der Waals surface area contributed by atoms with E-state index < -0.39 is 0 Å². The number of nitrogens with zero attached hydrogens (tertiary/aromatic N) is 1. The van der Waals surface area contributed by atoms with Crippen molar-refractivity contribution < 1.29 is 13.9 Å². The molecule has 0 spiro atoms. The molecule has 3 aromatic rings. The summed E-state index contributed by atoms with van der Waals surface area (Å²) in [5.74, 6) is 1.92. The van der Waals surface area contributed by atoms with E-state index in [9.17, 15) is 9.59 Å². The molecule has 0 atom stereocenters. The largest absolute Gasteiger partial charge is 0.497 e. The van der Waals surface area contributed by atoms with Crippen LogP contribution in [-0.4, -0.2) is 36.0 Å². The first-order valence-corrected chi connectivity index (χ1v) is 9.36. The number of nitrogens with one attached hydrogen (secondary N) is 1. The van der Waals surface area contributed by atoms with E-state index in [1.165, 1.54) is 0 Å². The van der Waals surface area contributed by atoms with E-state index >= 15 is 0 Å². The number of pyridine rings is 1. The summed E-state index contributed by atoms with van der Waals surface area (Å²) in [5.41, 5.74) is 1.82. The van der Waals surface area contributed by atoms with Crippen molar-refractivity contribution in [2.24, 2.45) is 0 Å². The minimum absolute atomic E-state index is 0.0864. The zero-order chi connectivity index (χ0) is 19.5. The molecular formula is C22H22N2O4. The Bertz CT molecular complexity index is 1030. The van der Waals surface area contributed by atoms with Crippen molar-refractivity contribution in [3.05, 3.63) is 76.4 Å². The van der Waals surface area contributed by atoms with Gasteiger partial charge in [0.1, 0.15) is 11.5 Å². The van der Waals surface area contributed by atoms with Gasteiger partial charge in [-0.25, -0.2) is 0 Å². The summed E-state index contributed by atoms with van der Waals surface area (Å²) < 4.78 is 11.1. The van der Waals surface area contributed by atoms with Gasteiger partial charge in [0, 0.05) is 30.9 Å². The molecule has 6 heteroatoms. The van der Waals surface area contributed by atoms with E-state index in [1.54, 1.807) is 25.4 Å². The smallest absolute Gasteiger partial charge is 0.289 e. The molecule has 1 saturated heterocycles. The molecule has 0 saturated carbocycles. The number of piperidine rings is 1. The first kappa shape index (κ1) is 18.1. The predicted molar refractivity (Wildman–Crippen MR) is 106 cm³/mol. The van der Waals surface area contributed by atoms with Crippen LogP contribution in [0.1, 0.15) is 34.9 Å². The van der Waals surface area contributed by atoms with Crippen molar-refractivity contribution in [2.75, 3.05) is 20.2 Å². The van der Waals surface area contributed by atoms with Crippen LogP contribution in [0.4, 0.5) is 0 Å². The fourth-order valence-corrected chi connectivity index (χ4v) is 3.67. The molecule has 4 rings (SSSR count). The molecule has 0 radical (unpaired) electrons. The lowest BCUT2D eigenvalue weighted by molar-refractivity contribution is 0.0681. The molecule has 6 nitrogen and oxygen atoms in total. The van der Waals surface area contributed by atoms with E-state index in [0.29, 0.717) is 30.5 Å². The minimum Gasteiger partial charge on any atom is -0.497 e. The Labute approximate surface area is 162 Å². The van der Waals surface area contributed by atoms with Gasteiger partial charge in [-0.2, -0.15) is 0 Å². The summed E-state index contributed by atoms with van der Waals surface area (Å²) in [6, 6.07) is 14.7. The number of hydrogen-bond donors (Lipinski definition) is 1. The summed E-state index contributed by atoms with van der Waals surface area (Å²) in [5, 5.41) is 0. The molecule has 1 aliphatic rings. The number of rotatable bonds is 4. The molecule has 0 aliphatic carbocycles. The molecule has 3 heterocycles. The number of amides is 1. The third kappa shape index (κ3) is 3.71. The van der Waals surface area contributed by atoms with Crippen LogP contribution in [0.25, 0.3) is 11.3 Å². The minimum atomic E-state index is -0.0986. The van der Waals surface area contributed by atoms with Crippen LogP contribution in [0.5, 0.6) is 5.75 Å². The predicted octanol–water partition coefficient (Wildman–Crippen LogP) is 3.66. The van der Waals surface area contributed by atoms with Gasteiger partial charge in [0.05, 0.1) is 7.11 Å². The second-order valence-electron chi connectivity index (χ2n) is 6.95. The van der Waals surface area contributed by atoms with Gasteiger partial charge in [-0.05, 0) is 54.7 Å². The van der Waals surface area contributed by atoms with Gasteiger partial charge >= 0.3 is 0 Å². The quantitative estimate of drug-likeness (QED) is 0.752. The Balaban J connectivity index is 1.43. The molecule has 1 N–H and O–H groups in total. The fraction of sp³-hybridized carbons (Fsp3) is 0.273. The zero-order valence-electron chi connectivity index (χ0n) is 15.7. The van der Waals surface area contributed by atoms with Crippen LogP contribution in [0, 0.1) is 0 Å². The molecule has 144 valence electrons.